The van der Waals surface area contributed by atoms with Gasteiger partial charge in [-0.05, 0) is 48.1 Å². The number of nitro groups is 1. The summed E-state index contributed by atoms with van der Waals surface area (Å²) in [6.07, 6.45) is 0.665. The van der Waals surface area contributed by atoms with E-state index in [0.29, 0.717) is 3.57 Å². The highest BCUT2D eigenvalue weighted by molar-refractivity contribution is 14.1. The van der Waals surface area contributed by atoms with Crippen LogP contribution >= 0.6 is 22.6 Å². The van der Waals surface area contributed by atoms with Crippen molar-refractivity contribution in [2.45, 2.75) is 19.4 Å². The molecule has 1 fully saturated rings. The fourth-order valence-corrected chi connectivity index (χ4v) is 2.95. The van der Waals surface area contributed by atoms with Gasteiger partial charge in [0.1, 0.15) is 0 Å². The number of rotatable bonds is 3. The van der Waals surface area contributed by atoms with Crippen molar-refractivity contribution >= 4 is 34.0 Å². The second kappa shape index (κ2) is 5.40. The van der Waals surface area contributed by atoms with E-state index in [0.717, 1.165) is 25.2 Å². The van der Waals surface area contributed by atoms with Gasteiger partial charge in [-0.15, -0.1) is 0 Å². The molecule has 98 valence electrons. The summed E-state index contributed by atoms with van der Waals surface area (Å²) in [5, 5.41) is 20.3. The molecule has 2 unspecified atom stereocenters. The molecule has 0 amide bonds. The van der Waals surface area contributed by atoms with Gasteiger partial charge >= 0.3 is 0 Å². The zero-order chi connectivity index (χ0) is 13.3. The first-order chi connectivity index (χ1) is 8.49. The molecule has 0 radical (unpaired) electrons. The molecule has 1 saturated heterocycles. The van der Waals surface area contributed by atoms with Crippen LogP contribution in [-0.4, -0.2) is 29.2 Å². The van der Waals surface area contributed by atoms with Crippen LogP contribution in [0.25, 0.3) is 0 Å². The monoisotopic (exact) mass is 362 g/mol. The van der Waals surface area contributed by atoms with E-state index in [4.69, 9.17) is 0 Å². The van der Waals surface area contributed by atoms with Gasteiger partial charge in [-0.3, -0.25) is 10.1 Å². The fraction of sp³-hybridized carbons (Fsp3) is 0.500. The Morgan fingerprint density at radius 1 is 1.61 bits per heavy atom. The number of anilines is 1. The fourth-order valence-electron chi connectivity index (χ4n) is 2.26. The molecular formula is C12H15IN2O3. The van der Waals surface area contributed by atoms with E-state index < -0.39 is 0 Å². The lowest BCUT2D eigenvalue weighted by Crippen LogP contribution is -2.23. The van der Waals surface area contributed by atoms with Gasteiger partial charge < -0.3 is 10.0 Å². The van der Waals surface area contributed by atoms with Crippen molar-refractivity contribution in [3.05, 3.63) is 31.9 Å². The SMILES string of the molecule is CC(O)C1CCN(c2ccc([N+](=O)[O-])c(I)c2)C1. The Morgan fingerprint density at radius 2 is 2.33 bits per heavy atom. The zero-order valence-corrected chi connectivity index (χ0v) is 12.2. The molecule has 1 aromatic rings. The number of halogens is 1. The number of nitro benzene ring substituents is 1. The summed E-state index contributed by atoms with van der Waals surface area (Å²) in [5.74, 6) is 0.290. The van der Waals surface area contributed by atoms with Gasteiger partial charge in [-0.2, -0.15) is 0 Å². The Kier molecular flexibility index (Phi) is 4.06. The smallest absolute Gasteiger partial charge is 0.282 e. The molecule has 0 spiro atoms. The molecule has 0 bridgehead atoms. The molecule has 1 N–H and O–H groups in total. The average Bonchev–Trinajstić information content (AvgIpc) is 2.77. The number of benzene rings is 1. The summed E-state index contributed by atoms with van der Waals surface area (Å²) >= 11 is 1.99. The maximum Gasteiger partial charge on any atom is 0.282 e. The van der Waals surface area contributed by atoms with Crippen LogP contribution in [0.15, 0.2) is 18.2 Å². The maximum absolute atomic E-state index is 10.7. The predicted octanol–water partition coefficient (Wildman–Crippen LogP) is 2.41. The molecule has 0 saturated carbocycles. The third kappa shape index (κ3) is 2.74. The minimum atomic E-state index is -0.367. The van der Waals surface area contributed by atoms with Crippen molar-refractivity contribution in [2.24, 2.45) is 5.92 Å². The molecule has 2 atom stereocenters. The van der Waals surface area contributed by atoms with Crippen LogP contribution in [0.3, 0.4) is 0 Å². The van der Waals surface area contributed by atoms with Crippen molar-refractivity contribution in [3.63, 3.8) is 0 Å². The first kappa shape index (κ1) is 13.5. The maximum atomic E-state index is 10.7. The first-order valence-electron chi connectivity index (χ1n) is 5.86. The van der Waals surface area contributed by atoms with Crippen LogP contribution in [0.2, 0.25) is 0 Å². The number of hydrogen-bond acceptors (Lipinski definition) is 4. The molecule has 5 nitrogen and oxygen atoms in total. The molecule has 0 aromatic heterocycles. The Bertz CT molecular complexity index is 465. The summed E-state index contributed by atoms with van der Waals surface area (Å²) in [7, 11) is 0. The number of hydrogen-bond donors (Lipinski definition) is 1. The van der Waals surface area contributed by atoms with Crippen molar-refractivity contribution in [1.29, 1.82) is 0 Å². The van der Waals surface area contributed by atoms with Crippen LogP contribution in [-0.2, 0) is 0 Å². The lowest BCUT2D eigenvalue weighted by molar-refractivity contribution is -0.385. The third-order valence-electron chi connectivity index (χ3n) is 3.40. The molecule has 1 aromatic carbocycles. The molecule has 6 heteroatoms. The lowest BCUT2D eigenvalue weighted by atomic mass is 10.0. The van der Waals surface area contributed by atoms with Gasteiger partial charge in [-0.25, -0.2) is 0 Å². The minimum Gasteiger partial charge on any atom is -0.393 e. The number of aliphatic hydroxyl groups is 1. The van der Waals surface area contributed by atoms with E-state index in [9.17, 15) is 15.2 Å². The van der Waals surface area contributed by atoms with Gasteiger partial charge in [0.25, 0.3) is 5.69 Å². The molecular weight excluding hydrogens is 347 g/mol. The summed E-state index contributed by atoms with van der Waals surface area (Å²) in [5.41, 5.74) is 1.14. The van der Waals surface area contributed by atoms with Gasteiger partial charge in [0, 0.05) is 30.8 Å². The van der Waals surface area contributed by atoms with Gasteiger partial charge in [0.2, 0.25) is 0 Å². The van der Waals surface area contributed by atoms with Crippen molar-refractivity contribution in [3.8, 4) is 0 Å². The van der Waals surface area contributed by atoms with Gasteiger partial charge in [0.05, 0.1) is 14.6 Å². The van der Waals surface area contributed by atoms with Crippen LogP contribution < -0.4 is 4.90 Å². The highest BCUT2D eigenvalue weighted by atomic mass is 127. The Labute approximate surface area is 119 Å². The second-order valence-corrected chi connectivity index (χ2v) is 5.79. The second-order valence-electron chi connectivity index (χ2n) is 4.63. The van der Waals surface area contributed by atoms with E-state index in [2.05, 4.69) is 4.90 Å². The summed E-state index contributed by atoms with van der Waals surface area (Å²) < 4.78 is 0.649. The van der Waals surface area contributed by atoms with Crippen molar-refractivity contribution < 1.29 is 10.0 Å². The van der Waals surface area contributed by atoms with E-state index in [1.165, 1.54) is 0 Å². The lowest BCUT2D eigenvalue weighted by Gasteiger charge is -2.19. The van der Waals surface area contributed by atoms with Gasteiger partial charge in [0.15, 0.2) is 0 Å². The standard InChI is InChI=1S/C12H15IN2O3/c1-8(16)9-4-5-14(7-9)10-2-3-12(15(17)18)11(13)6-10/h2-3,6,8-9,16H,4-5,7H2,1H3. The van der Waals surface area contributed by atoms with Crippen LogP contribution in [0.5, 0.6) is 0 Å². The molecule has 1 heterocycles. The topological polar surface area (TPSA) is 66.6 Å². The number of nitrogens with zero attached hydrogens (tertiary/aromatic N) is 2. The van der Waals surface area contributed by atoms with Gasteiger partial charge in [-0.1, -0.05) is 0 Å². The average molecular weight is 362 g/mol. The molecule has 2 rings (SSSR count). The highest BCUT2D eigenvalue weighted by Crippen LogP contribution is 2.30. The molecule has 0 aliphatic carbocycles. The van der Waals surface area contributed by atoms with E-state index in [1.54, 1.807) is 12.1 Å². The predicted molar refractivity (Wildman–Crippen MR) is 77.8 cm³/mol. The highest BCUT2D eigenvalue weighted by Gasteiger charge is 2.26. The Hall–Kier alpha value is -0.890. The van der Waals surface area contributed by atoms with E-state index in [1.807, 2.05) is 35.6 Å². The Balaban J connectivity index is 2.16. The summed E-state index contributed by atoms with van der Waals surface area (Å²) in [6, 6.07) is 5.17. The zero-order valence-electron chi connectivity index (χ0n) is 10.0. The van der Waals surface area contributed by atoms with Crippen LogP contribution in [0, 0.1) is 19.6 Å². The van der Waals surface area contributed by atoms with Crippen LogP contribution in [0.4, 0.5) is 11.4 Å². The number of aliphatic hydroxyl groups excluding tert-OH is 1. The minimum absolute atomic E-state index is 0.144. The summed E-state index contributed by atoms with van der Waals surface area (Å²) in [4.78, 5) is 12.6. The molecule has 1 aliphatic heterocycles. The molecule has 18 heavy (non-hydrogen) atoms. The van der Waals surface area contributed by atoms with Crippen LogP contribution in [0.1, 0.15) is 13.3 Å². The molecule has 1 aliphatic rings. The normalized spacial score (nSPS) is 21.1. The largest absolute Gasteiger partial charge is 0.393 e. The quantitative estimate of drug-likeness (QED) is 0.510. The third-order valence-corrected chi connectivity index (χ3v) is 4.26. The van der Waals surface area contributed by atoms with E-state index in [-0.39, 0.29) is 22.6 Å². The first-order valence-corrected chi connectivity index (χ1v) is 6.94. The summed E-state index contributed by atoms with van der Waals surface area (Å²) in [6.45, 7) is 3.52. The Morgan fingerprint density at radius 3 is 2.83 bits per heavy atom. The van der Waals surface area contributed by atoms with Crippen molar-refractivity contribution in [2.75, 3.05) is 18.0 Å². The van der Waals surface area contributed by atoms with Crippen molar-refractivity contribution in [1.82, 2.24) is 0 Å². The van der Waals surface area contributed by atoms with E-state index >= 15 is 0 Å².